The highest BCUT2D eigenvalue weighted by atomic mass is 16.4. The molecule has 0 unspecified atom stereocenters. The Labute approximate surface area is 209 Å². The average Bonchev–Trinajstić information content (AvgIpc) is 3.31. The molecular weight excluding hydrogens is 470 g/mol. The molecule has 196 valence electrons. The van der Waals surface area contributed by atoms with Gasteiger partial charge in [-0.05, 0) is 32.1 Å². The zero-order valence-electron chi connectivity index (χ0n) is 20.0. The van der Waals surface area contributed by atoms with Crippen molar-refractivity contribution in [3.63, 3.8) is 0 Å². The molecule has 2 saturated heterocycles. The minimum atomic E-state index is -1.53. The molecule has 0 aliphatic carbocycles. The molecular formula is C24H33N5O7. The molecule has 2 aliphatic rings. The Morgan fingerprint density at radius 1 is 0.778 bits per heavy atom. The van der Waals surface area contributed by atoms with Crippen LogP contribution >= 0.6 is 0 Å². The molecule has 5 atom stereocenters. The molecule has 0 saturated carbocycles. The fourth-order valence-corrected chi connectivity index (χ4v) is 4.16. The predicted octanol–water partition coefficient (Wildman–Crippen LogP) is -0.867. The smallest absolute Gasteiger partial charge is 0.305 e. The second-order valence-electron chi connectivity index (χ2n) is 8.61. The molecule has 5 N–H and O–H groups in total. The van der Waals surface area contributed by atoms with Gasteiger partial charge in [0, 0.05) is 6.54 Å². The van der Waals surface area contributed by atoms with Crippen LogP contribution in [0.4, 0.5) is 0 Å². The van der Waals surface area contributed by atoms with Gasteiger partial charge in [0.2, 0.25) is 29.5 Å². The summed E-state index contributed by atoms with van der Waals surface area (Å²) in [6, 6.07) is -5.79. The first kappa shape index (κ1) is 28.3. The third-order valence-electron chi connectivity index (χ3n) is 5.94. The first-order chi connectivity index (χ1) is 17.1. The van der Waals surface area contributed by atoms with Crippen LogP contribution in [0.25, 0.3) is 0 Å². The maximum Gasteiger partial charge on any atom is 0.305 e. The highest BCUT2D eigenvalue weighted by Crippen LogP contribution is 2.20. The first-order valence-corrected chi connectivity index (χ1v) is 11.7. The van der Waals surface area contributed by atoms with E-state index < -0.39 is 72.1 Å². The number of carboxylic acid groups (broad SMARTS) is 1. The van der Waals surface area contributed by atoms with Gasteiger partial charge in [0.1, 0.15) is 30.2 Å². The van der Waals surface area contributed by atoms with E-state index in [1.54, 1.807) is 0 Å². The highest BCUT2D eigenvalue weighted by Gasteiger charge is 2.40. The normalized spacial score (nSPS) is 27.8. The fourth-order valence-electron chi connectivity index (χ4n) is 4.16. The fraction of sp³-hybridized carbons (Fsp3) is 0.500. The quantitative estimate of drug-likeness (QED) is 0.268. The highest BCUT2D eigenvalue weighted by molar-refractivity contribution is 5.99. The van der Waals surface area contributed by atoms with E-state index in [4.69, 9.17) is 0 Å². The number of rotatable bonds is 8. The second-order valence-corrected chi connectivity index (χ2v) is 8.61. The van der Waals surface area contributed by atoms with Crippen molar-refractivity contribution in [3.8, 4) is 0 Å². The standard InChI is InChI=1S/C24H33N5O7/c1-4-8-14-20(32)27-16(10-6-3)24(36)29-12-7-11-18(29)23(35)26-15(9-5-2)21(33)28-17(13-19(30)31)22(34)25-14/h4-6,14-18H,1-3,7-13H2,(H,25,34)(H,26,35)(H,27,32)(H,28,33)(H,30,31)/t14-,15-,16-,17+,18+/m1/s1. The Morgan fingerprint density at radius 2 is 1.22 bits per heavy atom. The van der Waals surface area contributed by atoms with Crippen molar-refractivity contribution in [2.24, 2.45) is 0 Å². The number of carbonyl (C=O) groups excluding carboxylic acids is 5. The second kappa shape index (κ2) is 13.2. The molecule has 36 heavy (non-hydrogen) atoms. The van der Waals surface area contributed by atoms with Crippen molar-refractivity contribution in [3.05, 3.63) is 38.0 Å². The van der Waals surface area contributed by atoms with Crippen molar-refractivity contribution in [1.82, 2.24) is 26.2 Å². The monoisotopic (exact) mass is 503 g/mol. The Kier molecular flexibility index (Phi) is 10.4. The Balaban J connectivity index is 2.51. The van der Waals surface area contributed by atoms with Crippen LogP contribution in [0.15, 0.2) is 38.0 Å². The van der Waals surface area contributed by atoms with E-state index >= 15 is 0 Å². The molecule has 12 nitrogen and oxygen atoms in total. The summed E-state index contributed by atoms with van der Waals surface area (Å²) in [5.74, 6) is -4.86. The van der Waals surface area contributed by atoms with E-state index in [0.29, 0.717) is 12.8 Å². The number of aliphatic carboxylic acids is 1. The molecule has 2 heterocycles. The Morgan fingerprint density at radius 3 is 1.75 bits per heavy atom. The molecule has 0 bridgehead atoms. The Bertz CT molecular complexity index is 934. The number of hydrogen-bond donors (Lipinski definition) is 5. The van der Waals surface area contributed by atoms with Crippen molar-refractivity contribution in [2.75, 3.05) is 6.54 Å². The van der Waals surface area contributed by atoms with E-state index in [1.807, 2.05) is 0 Å². The maximum atomic E-state index is 13.3. The molecule has 2 aliphatic heterocycles. The Hall–Kier alpha value is -3.96. The molecule has 12 heteroatoms. The summed E-state index contributed by atoms with van der Waals surface area (Å²) in [6.07, 6.45) is 4.42. The summed E-state index contributed by atoms with van der Waals surface area (Å²) in [7, 11) is 0. The van der Waals surface area contributed by atoms with Gasteiger partial charge in [0.15, 0.2) is 0 Å². The van der Waals surface area contributed by atoms with Gasteiger partial charge in [0.25, 0.3) is 0 Å². The van der Waals surface area contributed by atoms with Gasteiger partial charge in [0.05, 0.1) is 6.42 Å². The van der Waals surface area contributed by atoms with Crippen molar-refractivity contribution in [1.29, 1.82) is 0 Å². The number of nitrogens with zero attached hydrogens (tertiary/aromatic N) is 1. The van der Waals surface area contributed by atoms with Crippen LogP contribution in [0.1, 0.15) is 38.5 Å². The van der Waals surface area contributed by atoms with Crippen LogP contribution in [-0.2, 0) is 28.8 Å². The summed E-state index contributed by atoms with van der Waals surface area (Å²) in [4.78, 5) is 78.1. The van der Waals surface area contributed by atoms with Crippen LogP contribution in [0.5, 0.6) is 0 Å². The molecule has 0 spiro atoms. The van der Waals surface area contributed by atoms with E-state index in [9.17, 15) is 33.9 Å². The third kappa shape index (κ3) is 7.27. The number of carbonyl (C=O) groups is 6. The molecule has 0 aromatic carbocycles. The molecule has 0 aromatic heterocycles. The van der Waals surface area contributed by atoms with Gasteiger partial charge in [-0.25, -0.2) is 0 Å². The van der Waals surface area contributed by atoms with Gasteiger partial charge in [-0.3, -0.25) is 28.8 Å². The maximum absolute atomic E-state index is 13.3. The van der Waals surface area contributed by atoms with E-state index in [-0.39, 0.29) is 25.8 Å². The summed E-state index contributed by atoms with van der Waals surface area (Å²) in [5.41, 5.74) is 0. The molecule has 0 aromatic rings. The average molecular weight is 504 g/mol. The van der Waals surface area contributed by atoms with Crippen LogP contribution < -0.4 is 21.3 Å². The van der Waals surface area contributed by atoms with Gasteiger partial charge in [-0.2, -0.15) is 0 Å². The molecule has 2 rings (SSSR count). The topological polar surface area (TPSA) is 174 Å². The van der Waals surface area contributed by atoms with Crippen molar-refractivity contribution in [2.45, 2.75) is 68.7 Å². The van der Waals surface area contributed by atoms with Crippen LogP contribution in [0.3, 0.4) is 0 Å². The zero-order chi connectivity index (χ0) is 26.8. The SMILES string of the molecule is C=CC[C@H]1NC(=O)[C@H](CC(=O)O)NC(=O)[C@@H](CC=C)NC(=O)[C@@H]2CCCN2C(=O)[C@@H](CC=C)NC1=O. The van der Waals surface area contributed by atoms with E-state index in [0.717, 1.165) is 0 Å². The summed E-state index contributed by atoms with van der Waals surface area (Å²) < 4.78 is 0. The number of fused-ring (bicyclic) bond motifs is 1. The lowest BCUT2D eigenvalue weighted by molar-refractivity contribution is -0.142. The number of amides is 5. The van der Waals surface area contributed by atoms with E-state index in [1.165, 1.54) is 23.1 Å². The molecule has 5 amide bonds. The van der Waals surface area contributed by atoms with Crippen molar-refractivity contribution < 1.29 is 33.9 Å². The molecule has 0 radical (unpaired) electrons. The summed E-state index contributed by atoms with van der Waals surface area (Å²) in [6.45, 7) is 11.1. The minimum absolute atomic E-state index is 0.00211. The number of carboxylic acids is 1. The van der Waals surface area contributed by atoms with Crippen LogP contribution in [0.2, 0.25) is 0 Å². The zero-order valence-corrected chi connectivity index (χ0v) is 20.0. The summed E-state index contributed by atoms with van der Waals surface area (Å²) >= 11 is 0. The van der Waals surface area contributed by atoms with Crippen molar-refractivity contribution >= 4 is 35.5 Å². The predicted molar refractivity (Wildman–Crippen MR) is 129 cm³/mol. The summed E-state index contributed by atoms with van der Waals surface area (Å²) in [5, 5.41) is 19.2. The third-order valence-corrected chi connectivity index (χ3v) is 5.94. The largest absolute Gasteiger partial charge is 0.481 e. The lowest BCUT2D eigenvalue weighted by Gasteiger charge is -2.29. The van der Waals surface area contributed by atoms with Gasteiger partial charge < -0.3 is 31.3 Å². The lowest BCUT2D eigenvalue weighted by Crippen LogP contribution is -2.57. The number of nitrogens with one attached hydrogen (secondary N) is 4. The van der Waals surface area contributed by atoms with Crippen LogP contribution in [-0.4, -0.2) is 82.3 Å². The first-order valence-electron chi connectivity index (χ1n) is 11.7. The van der Waals surface area contributed by atoms with E-state index in [2.05, 4.69) is 41.0 Å². The van der Waals surface area contributed by atoms with Gasteiger partial charge in [-0.15, -0.1) is 19.7 Å². The van der Waals surface area contributed by atoms with Gasteiger partial charge in [-0.1, -0.05) is 18.2 Å². The van der Waals surface area contributed by atoms with Crippen LogP contribution in [0, 0.1) is 0 Å². The van der Waals surface area contributed by atoms with Gasteiger partial charge >= 0.3 is 5.97 Å². The number of hydrogen-bond acceptors (Lipinski definition) is 6. The minimum Gasteiger partial charge on any atom is -0.481 e. The molecule has 2 fully saturated rings. The lowest BCUT2D eigenvalue weighted by atomic mass is 10.1.